The average Bonchev–Trinajstić information content (AvgIpc) is 2.93. The smallest absolute Gasteiger partial charge is 0.306 e. The van der Waals surface area contributed by atoms with E-state index in [-0.39, 0.29) is 12.2 Å². The Kier molecular flexibility index (Phi) is 4.97. The first-order valence-electron chi connectivity index (χ1n) is 6.78. The van der Waals surface area contributed by atoms with Crippen molar-refractivity contribution in [2.75, 3.05) is 14.2 Å². The number of pyridine rings is 1. The number of nitrogens with zero attached hydrogens (tertiary/aromatic N) is 1. The molecule has 1 atom stereocenters. The van der Waals surface area contributed by atoms with E-state index in [0.29, 0.717) is 28.4 Å². The summed E-state index contributed by atoms with van der Waals surface area (Å²) in [5.74, 6) is -0.944. The van der Waals surface area contributed by atoms with Gasteiger partial charge in [0.15, 0.2) is 11.5 Å². The van der Waals surface area contributed by atoms with Gasteiger partial charge in [0.25, 0.3) is 5.88 Å². The second-order valence-corrected chi connectivity index (χ2v) is 5.85. The summed E-state index contributed by atoms with van der Waals surface area (Å²) < 4.78 is 11.1. The number of rotatable bonds is 7. The molecule has 0 unspecified atom stereocenters. The highest BCUT2D eigenvalue weighted by Gasteiger charge is 2.22. The van der Waals surface area contributed by atoms with Crippen LogP contribution in [-0.4, -0.2) is 36.1 Å². The largest absolute Gasteiger partial charge is 0.491 e. The predicted molar refractivity (Wildman–Crippen MR) is 83.1 cm³/mol. The summed E-state index contributed by atoms with van der Waals surface area (Å²) in [7, 11) is 3.01. The Labute approximate surface area is 131 Å². The molecule has 0 aliphatic heterocycles. The summed E-state index contributed by atoms with van der Waals surface area (Å²) in [6, 6.07) is 3.43. The minimum Gasteiger partial charge on any atom is -0.491 e. The summed E-state index contributed by atoms with van der Waals surface area (Å²) in [6.07, 6.45) is 0.415. The first kappa shape index (κ1) is 16.2. The molecule has 0 aromatic carbocycles. The second kappa shape index (κ2) is 6.74. The molecule has 6 nitrogen and oxygen atoms in total. The number of aliphatic carboxylic acids is 1. The second-order valence-electron chi connectivity index (χ2n) is 4.76. The van der Waals surface area contributed by atoms with Gasteiger partial charge >= 0.3 is 5.97 Å². The molecular formula is C15H17NO5S. The van der Waals surface area contributed by atoms with E-state index in [4.69, 9.17) is 14.6 Å². The highest BCUT2D eigenvalue weighted by molar-refractivity contribution is 7.20. The van der Waals surface area contributed by atoms with Gasteiger partial charge < -0.3 is 14.6 Å². The van der Waals surface area contributed by atoms with E-state index in [0.717, 1.165) is 4.70 Å². The van der Waals surface area contributed by atoms with Crippen molar-refractivity contribution in [3.63, 3.8) is 0 Å². The Morgan fingerprint density at radius 3 is 2.59 bits per heavy atom. The van der Waals surface area contributed by atoms with Gasteiger partial charge in [0.05, 0.1) is 35.2 Å². The lowest BCUT2D eigenvalue weighted by Crippen LogP contribution is -2.16. The van der Waals surface area contributed by atoms with Crippen molar-refractivity contribution >= 4 is 33.3 Å². The number of hydrogen-bond acceptors (Lipinski definition) is 6. The van der Waals surface area contributed by atoms with Gasteiger partial charge in [-0.2, -0.15) is 0 Å². The van der Waals surface area contributed by atoms with E-state index in [9.17, 15) is 9.59 Å². The zero-order valence-corrected chi connectivity index (χ0v) is 13.4. The lowest BCUT2D eigenvalue weighted by atomic mass is 9.99. The number of aromatic nitrogens is 1. The molecule has 0 spiro atoms. The summed E-state index contributed by atoms with van der Waals surface area (Å²) in [4.78, 5) is 28.1. The average molecular weight is 323 g/mol. The Balaban J connectivity index is 2.32. The van der Waals surface area contributed by atoms with Gasteiger partial charge in [-0.15, -0.1) is 11.3 Å². The zero-order chi connectivity index (χ0) is 16.3. The number of hydrogen-bond donors (Lipinski definition) is 1. The van der Waals surface area contributed by atoms with Gasteiger partial charge in [-0.3, -0.25) is 9.59 Å². The Bertz CT molecular complexity index is 668. The van der Waals surface area contributed by atoms with Gasteiger partial charge in [0.1, 0.15) is 0 Å². The molecule has 0 aliphatic carbocycles. The minimum atomic E-state index is -0.946. The van der Waals surface area contributed by atoms with Gasteiger partial charge in [-0.1, -0.05) is 6.92 Å². The number of carboxylic acid groups (broad SMARTS) is 1. The monoisotopic (exact) mass is 323 g/mol. The molecule has 0 radical (unpaired) electrons. The number of ketones is 1. The standard InChI is InChI=1S/C15H17NO5S/c1-4-8(15(18)19)5-10(17)13-6-9-12(22-13)7-11(20-2)14(16-9)21-3/h6-8H,4-5H2,1-3H3,(H,18,19)/t8-/m0/s1. The molecule has 2 heterocycles. The van der Waals surface area contributed by atoms with Crippen LogP contribution < -0.4 is 9.47 Å². The zero-order valence-electron chi connectivity index (χ0n) is 12.6. The van der Waals surface area contributed by atoms with Crippen molar-refractivity contribution in [1.29, 1.82) is 0 Å². The van der Waals surface area contributed by atoms with Gasteiger partial charge in [-0.25, -0.2) is 4.98 Å². The van der Waals surface area contributed by atoms with Crippen molar-refractivity contribution in [3.05, 3.63) is 17.0 Å². The molecule has 0 saturated heterocycles. The molecule has 0 amide bonds. The summed E-state index contributed by atoms with van der Waals surface area (Å²) in [5.41, 5.74) is 0.634. The lowest BCUT2D eigenvalue weighted by Gasteiger charge is -2.06. The fraction of sp³-hybridized carbons (Fsp3) is 0.400. The van der Waals surface area contributed by atoms with Crippen LogP contribution in [0.15, 0.2) is 12.1 Å². The third kappa shape index (κ3) is 3.19. The van der Waals surface area contributed by atoms with Gasteiger partial charge in [-0.05, 0) is 12.5 Å². The fourth-order valence-electron chi connectivity index (χ4n) is 2.09. The quantitative estimate of drug-likeness (QED) is 0.788. The third-order valence-electron chi connectivity index (χ3n) is 3.40. The lowest BCUT2D eigenvalue weighted by molar-refractivity contribution is -0.141. The first-order valence-corrected chi connectivity index (χ1v) is 7.60. The van der Waals surface area contributed by atoms with E-state index >= 15 is 0 Å². The molecule has 2 aromatic heterocycles. The number of thiophene rings is 1. The van der Waals surface area contributed by atoms with Crippen molar-refractivity contribution < 1.29 is 24.2 Å². The van der Waals surface area contributed by atoms with Crippen molar-refractivity contribution in [3.8, 4) is 11.6 Å². The molecule has 7 heteroatoms. The van der Waals surface area contributed by atoms with E-state index in [1.807, 2.05) is 0 Å². The van der Waals surface area contributed by atoms with E-state index in [2.05, 4.69) is 4.98 Å². The molecule has 2 aromatic rings. The number of Topliss-reactive ketones (excluding diaryl/α,β-unsaturated/α-hetero) is 1. The van der Waals surface area contributed by atoms with Crippen LogP contribution in [0.4, 0.5) is 0 Å². The Morgan fingerprint density at radius 1 is 1.32 bits per heavy atom. The predicted octanol–water partition coefficient (Wildman–Crippen LogP) is 3.00. The van der Waals surface area contributed by atoms with Crippen LogP contribution in [0.25, 0.3) is 10.2 Å². The highest BCUT2D eigenvalue weighted by Crippen LogP contribution is 2.34. The third-order valence-corrected chi connectivity index (χ3v) is 4.51. The molecule has 1 N–H and O–H groups in total. The van der Waals surface area contributed by atoms with Crippen molar-refractivity contribution in [2.24, 2.45) is 5.92 Å². The summed E-state index contributed by atoms with van der Waals surface area (Å²) in [6.45, 7) is 1.76. The van der Waals surface area contributed by atoms with Gasteiger partial charge in [0, 0.05) is 12.5 Å². The van der Waals surface area contributed by atoms with Crippen molar-refractivity contribution in [1.82, 2.24) is 4.98 Å². The van der Waals surface area contributed by atoms with Crippen LogP contribution in [-0.2, 0) is 4.79 Å². The fourth-order valence-corrected chi connectivity index (χ4v) is 3.07. The van der Waals surface area contributed by atoms with E-state index < -0.39 is 11.9 Å². The Morgan fingerprint density at radius 2 is 2.05 bits per heavy atom. The van der Waals surface area contributed by atoms with Crippen LogP contribution in [0.1, 0.15) is 29.4 Å². The Hall–Kier alpha value is -2.15. The minimum absolute atomic E-state index is 0.00702. The maximum atomic E-state index is 12.3. The van der Waals surface area contributed by atoms with Crippen LogP contribution in [0.2, 0.25) is 0 Å². The number of carbonyl (C=O) groups is 2. The number of carboxylic acids is 1. The first-order chi connectivity index (χ1) is 10.5. The number of ether oxygens (including phenoxy) is 2. The molecule has 2 rings (SSSR count). The molecular weight excluding hydrogens is 306 g/mol. The molecule has 22 heavy (non-hydrogen) atoms. The normalized spacial score (nSPS) is 12.1. The highest BCUT2D eigenvalue weighted by atomic mass is 32.1. The van der Waals surface area contributed by atoms with Crippen LogP contribution in [0.5, 0.6) is 11.6 Å². The molecule has 0 fully saturated rings. The maximum Gasteiger partial charge on any atom is 0.306 e. The van der Waals surface area contributed by atoms with Crippen LogP contribution in [0.3, 0.4) is 0 Å². The molecule has 0 aliphatic rings. The van der Waals surface area contributed by atoms with Gasteiger partial charge in [0.2, 0.25) is 0 Å². The van der Waals surface area contributed by atoms with Crippen LogP contribution in [0, 0.1) is 5.92 Å². The number of fused-ring (bicyclic) bond motifs is 1. The number of methoxy groups -OCH3 is 2. The topological polar surface area (TPSA) is 85.7 Å². The summed E-state index contributed by atoms with van der Waals surface area (Å²) >= 11 is 1.28. The molecule has 0 saturated carbocycles. The van der Waals surface area contributed by atoms with E-state index in [1.165, 1.54) is 25.6 Å². The van der Waals surface area contributed by atoms with E-state index in [1.54, 1.807) is 19.1 Å². The maximum absolute atomic E-state index is 12.3. The SMILES string of the molecule is CC[C@@H](CC(=O)c1cc2nc(OC)c(OC)cc2s1)C(=O)O. The molecule has 0 bridgehead atoms. The summed E-state index contributed by atoms with van der Waals surface area (Å²) in [5, 5.41) is 9.05. The van der Waals surface area contributed by atoms with Crippen molar-refractivity contribution in [2.45, 2.75) is 19.8 Å². The molecule has 118 valence electrons. The number of carbonyl (C=O) groups excluding carboxylic acids is 1. The van der Waals surface area contributed by atoms with Crippen LogP contribution >= 0.6 is 11.3 Å².